The zero-order valence-electron chi connectivity index (χ0n) is 11.0. The number of hydrogen-bond acceptors (Lipinski definition) is 4. The third-order valence-corrected chi connectivity index (χ3v) is 2.76. The van der Waals surface area contributed by atoms with Crippen molar-refractivity contribution in [3.8, 4) is 0 Å². The second-order valence-electron chi connectivity index (χ2n) is 4.93. The minimum absolute atomic E-state index is 0.241. The van der Waals surface area contributed by atoms with Crippen LogP contribution in [0.1, 0.15) is 58.2 Å². The van der Waals surface area contributed by atoms with Gasteiger partial charge < -0.3 is 9.73 Å². The van der Waals surface area contributed by atoms with E-state index < -0.39 is 0 Å². The zero-order chi connectivity index (χ0) is 12.8. The van der Waals surface area contributed by atoms with E-state index in [4.69, 9.17) is 16.0 Å². The minimum Gasteiger partial charge on any atom is -0.406 e. The molecule has 17 heavy (non-hydrogen) atoms. The molecule has 4 nitrogen and oxygen atoms in total. The fraction of sp³-hybridized carbons (Fsp3) is 0.833. The van der Waals surface area contributed by atoms with Crippen LogP contribution in [0, 0.1) is 5.92 Å². The molecule has 0 bridgehead atoms. The molecule has 0 aliphatic rings. The summed E-state index contributed by atoms with van der Waals surface area (Å²) in [5.41, 5.74) is 0. The van der Waals surface area contributed by atoms with Gasteiger partial charge in [-0.3, -0.25) is 0 Å². The molecule has 2 unspecified atom stereocenters. The van der Waals surface area contributed by atoms with Crippen molar-refractivity contribution in [2.24, 2.45) is 5.92 Å². The Morgan fingerprint density at radius 3 is 2.41 bits per heavy atom. The Balaban J connectivity index is 2.32. The van der Waals surface area contributed by atoms with Gasteiger partial charge in [0, 0.05) is 6.04 Å². The van der Waals surface area contributed by atoms with Crippen molar-refractivity contribution in [3.05, 3.63) is 5.89 Å². The van der Waals surface area contributed by atoms with E-state index in [1.54, 1.807) is 0 Å². The van der Waals surface area contributed by atoms with Crippen LogP contribution in [0.4, 0.5) is 6.01 Å². The predicted molar refractivity (Wildman–Crippen MR) is 70.3 cm³/mol. The molecule has 0 aliphatic carbocycles. The number of rotatable bonds is 7. The molecular formula is C12H22ClN3O. The molecule has 98 valence electrons. The second kappa shape index (κ2) is 6.84. The average Bonchev–Trinajstić information content (AvgIpc) is 2.65. The summed E-state index contributed by atoms with van der Waals surface area (Å²) < 4.78 is 5.38. The first-order valence-electron chi connectivity index (χ1n) is 6.23. The molecule has 0 saturated carbocycles. The van der Waals surface area contributed by atoms with Crippen molar-refractivity contribution in [2.45, 2.75) is 58.4 Å². The SMILES string of the molecule is CC(C)CCCC(C)Nc1nnc(C(C)Cl)o1. The van der Waals surface area contributed by atoms with Gasteiger partial charge in [0.05, 0.1) is 0 Å². The number of aromatic nitrogens is 2. The lowest BCUT2D eigenvalue weighted by Crippen LogP contribution is -2.15. The van der Waals surface area contributed by atoms with Gasteiger partial charge in [-0.05, 0) is 26.2 Å². The molecule has 1 heterocycles. The molecule has 0 amide bonds. The van der Waals surface area contributed by atoms with Gasteiger partial charge in [-0.15, -0.1) is 16.7 Å². The Morgan fingerprint density at radius 2 is 1.88 bits per heavy atom. The largest absolute Gasteiger partial charge is 0.406 e. The van der Waals surface area contributed by atoms with E-state index in [0.717, 1.165) is 12.3 Å². The van der Waals surface area contributed by atoms with Gasteiger partial charge in [-0.1, -0.05) is 31.8 Å². The molecule has 1 aromatic heterocycles. The lowest BCUT2D eigenvalue weighted by atomic mass is 10.0. The van der Waals surface area contributed by atoms with E-state index >= 15 is 0 Å². The molecule has 0 aromatic carbocycles. The second-order valence-corrected chi connectivity index (χ2v) is 5.59. The van der Waals surface area contributed by atoms with Crippen LogP contribution in [0.2, 0.25) is 0 Å². The number of alkyl halides is 1. The highest BCUT2D eigenvalue weighted by atomic mass is 35.5. The molecule has 0 saturated heterocycles. The molecule has 0 spiro atoms. The summed E-state index contributed by atoms with van der Waals surface area (Å²) in [5, 5.41) is 10.7. The molecule has 0 radical (unpaired) electrons. The highest BCUT2D eigenvalue weighted by molar-refractivity contribution is 6.20. The first-order valence-corrected chi connectivity index (χ1v) is 6.66. The molecule has 1 rings (SSSR count). The Bertz CT molecular complexity index is 325. The van der Waals surface area contributed by atoms with E-state index in [2.05, 4.69) is 36.3 Å². The van der Waals surface area contributed by atoms with Crippen molar-refractivity contribution in [3.63, 3.8) is 0 Å². The van der Waals surface area contributed by atoms with Gasteiger partial charge in [0.25, 0.3) is 0 Å². The van der Waals surface area contributed by atoms with Crippen molar-refractivity contribution in [2.75, 3.05) is 5.32 Å². The number of anilines is 1. The molecule has 2 atom stereocenters. The minimum atomic E-state index is -0.241. The fourth-order valence-corrected chi connectivity index (χ4v) is 1.66. The summed E-state index contributed by atoms with van der Waals surface area (Å²) in [6.45, 7) is 8.41. The topological polar surface area (TPSA) is 51.0 Å². The summed E-state index contributed by atoms with van der Waals surface area (Å²) in [4.78, 5) is 0. The van der Waals surface area contributed by atoms with Gasteiger partial charge in [0.2, 0.25) is 5.89 Å². The van der Waals surface area contributed by atoms with Crippen molar-refractivity contribution in [1.29, 1.82) is 0 Å². The lowest BCUT2D eigenvalue weighted by molar-refractivity contribution is 0.486. The van der Waals surface area contributed by atoms with Gasteiger partial charge in [-0.25, -0.2) is 0 Å². The van der Waals surface area contributed by atoms with Crippen LogP contribution in [0.25, 0.3) is 0 Å². The summed E-state index contributed by atoms with van der Waals surface area (Å²) in [5.74, 6) is 1.22. The molecular weight excluding hydrogens is 238 g/mol. The zero-order valence-corrected chi connectivity index (χ0v) is 11.8. The third kappa shape index (κ3) is 5.39. The average molecular weight is 260 g/mol. The maximum Gasteiger partial charge on any atom is 0.315 e. The standard InChI is InChI=1S/C12H22ClN3O/c1-8(2)6-5-7-9(3)14-12-16-15-11(17-12)10(4)13/h8-10H,5-7H2,1-4H3,(H,14,16). The van der Waals surface area contributed by atoms with E-state index in [0.29, 0.717) is 17.9 Å². The summed E-state index contributed by atoms with van der Waals surface area (Å²) >= 11 is 5.85. The van der Waals surface area contributed by atoms with E-state index in [1.807, 2.05) is 6.92 Å². The highest BCUT2D eigenvalue weighted by Gasteiger charge is 2.12. The van der Waals surface area contributed by atoms with E-state index in [-0.39, 0.29) is 5.38 Å². The maximum atomic E-state index is 5.85. The first kappa shape index (κ1) is 14.3. The summed E-state index contributed by atoms with van der Waals surface area (Å²) in [6, 6.07) is 0.803. The molecule has 0 aliphatic heterocycles. The number of nitrogens with one attached hydrogen (secondary N) is 1. The highest BCUT2D eigenvalue weighted by Crippen LogP contribution is 2.20. The lowest BCUT2D eigenvalue weighted by Gasteiger charge is -2.12. The molecule has 1 aromatic rings. The van der Waals surface area contributed by atoms with Crippen molar-refractivity contribution < 1.29 is 4.42 Å². The number of nitrogens with zero attached hydrogens (tertiary/aromatic N) is 2. The Hall–Kier alpha value is -0.770. The van der Waals surface area contributed by atoms with Gasteiger partial charge >= 0.3 is 6.01 Å². The van der Waals surface area contributed by atoms with Crippen molar-refractivity contribution in [1.82, 2.24) is 10.2 Å². The smallest absolute Gasteiger partial charge is 0.315 e. The van der Waals surface area contributed by atoms with Crippen molar-refractivity contribution >= 4 is 17.6 Å². The summed E-state index contributed by atoms with van der Waals surface area (Å²) in [7, 11) is 0. The third-order valence-electron chi connectivity index (χ3n) is 2.57. The maximum absolute atomic E-state index is 5.85. The van der Waals surface area contributed by atoms with Gasteiger partial charge in [0.15, 0.2) is 0 Å². The van der Waals surface area contributed by atoms with E-state index in [9.17, 15) is 0 Å². The Labute approximate surface area is 108 Å². The van der Waals surface area contributed by atoms with Crippen LogP contribution in [-0.4, -0.2) is 16.2 Å². The van der Waals surface area contributed by atoms with Crippen LogP contribution in [0.3, 0.4) is 0 Å². The number of halogens is 1. The van der Waals surface area contributed by atoms with Crippen LogP contribution in [-0.2, 0) is 0 Å². The van der Waals surface area contributed by atoms with E-state index in [1.165, 1.54) is 12.8 Å². The molecule has 1 N–H and O–H groups in total. The van der Waals surface area contributed by atoms with Crippen LogP contribution in [0.5, 0.6) is 0 Å². The Morgan fingerprint density at radius 1 is 1.18 bits per heavy atom. The molecule has 5 heteroatoms. The van der Waals surface area contributed by atoms with Crippen LogP contribution >= 0.6 is 11.6 Å². The number of hydrogen-bond donors (Lipinski definition) is 1. The quantitative estimate of drug-likeness (QED) is 0.752. The first-order chi connectivity index (χ1) is 7.99. The summed E-state index contributed by atoms with van der Waals surface area (Å²) in [6.07, 6.45) is 3.56. The fourth-order valence-electron chi connectivity index (χ4n) is 1.57. The molecule has 0 fully saturated rings. The van der Waals surface area contributed by atoms with Crippen LogP contribution < -0.4 is 5.32 Å². The monoisotopic (exact) mass is 259 g/mol. The van der Waals surface area contributed by atoms with Gasteiger partial charge in [-0.2, -0.15) is 0 Å². The van der Waals surface area contributed by atoms with Crippen LogP contribution in [0.15, 0.2) is 4.42 Å². The van der Waals surface area contributed by atoms with Gasteiger partial charge in [0.1, 0.15) is 5.38 Å². The Kier molecular flexibility index (Phi) is 5.75. The normalized spacial score (nSPS) is 14.9. The predicted octanol–water partition coefficient (Wildman–Crippen LogP) is 4.00.